The minimum atomic E-state index is -0.853. The molecule has 0 spiro atoms. The molecule has 25 heavy (non-hydrogen) atoms. The summed E-state index contributed by atoms with van der Waals surface area (Å²) in [4.78, 5) is 13.4. The average molecular weight is 363 g/mol. The van der Waals surface area contributed by atoms with Gasteiger partial charge in [-0.3, -0.25) is 4.79 Å². The number of halogens is 2. The van der Waals surface area contributed by atoms with Crippen LogP contribution in [0.5, 0.6) is 0 Å². The second kappa shape index (κ2) is 7.97. The molecule has 2 aromatic rings. The molecule has 2 aromatic carbocycles. The molecule has 132 valence electrons. The number of amides is 1. The highest BCUT2D eigenvalue weighted by Gasteiger charge is 2.34. The first-order valence-corrected chi connectivity index (χ1v) is 8.95. The fraction of sp³-hybridized carbons (Fsp3) is 0.316. The minimum Gasteiger partial charge on any atom is -0.381 e. The Morgan fingerprint density at radius 1 is 1.04 bits per heavy atom. The predicted octanol–water partition coefficient (Wildman–Crippen LogP) is 4.04. The summed E-state index contributed by atoms with van der Waals surface area (Å²) in [5.41, 5.74) is -0.533. The third-order valence-electron chi connectivity index (χ3n) is 4.24. The Morgan fingerprint density at radius 3 is 2.32 bits per heavy atom. The molecule has 0 atom stereocenters. The van der Waals surface area contributed by atoms with Crippen LogP contribution < -0.4 is 5.32 Å². The molecule has 0 unspecified atom stereocenters. The van der Waals surface area contributed by atoms with Crippen molar-refractivity contribution >= 4 is 17.7 Å². The number of thioether (sulfide) groups is 1. The van der Waals surface area contributed by atoms with Crippen LogP contribution >= 0.6 is 11.8 Å². The van der Waals surface area contributed by atoms with Gasteiger partial charge in [0.1, 0.15) is 17.2 Å². The molecule has 1 aliphatic heterocycles. The standard InChI is InChI=1S/C19H19F2NO2S/c20-15-7-4-8-16(21)17(15)18(23)22-13-19(9-11-24-12-10-19)25-14-5-2-1-3-6-14/h1-8H,9-13H2,(H,22,23). The second-order valence-corrected chi connectivity index (χ2v) is 7.53. The molecule has 6 heteroatoms. The maximum atomic E-state index is 13.8. The van der Waals surface area contributed by atoms with E-state index < -0.39 is 23.1 Å². The van der Waals surface area contributed by atoms with E-state index in [-0.39, 0.29) is 4.75 Å². The van der Waals surface area contributed by atoms with Gasteiger partial charge in [0, 0.05) is 29.4 Å². The first-order valence-electron chi connectivity index (χ1n) is 8.14. The van der Waals surface area contributed by atoms with Gasteiger partial charge in [-0.05, 0) is 37.1 Å². The average Bonchev–Trinajstić information content (AvgIpc) is 2.62. The highest BCUT2D eigenvalue weighted by Crippen LogP contribution is 2.40. The summed E-state index contributed by atoms with van der Waals surface area (Å²) >= 11 is 1.68. The quantitative estimate of drug-likeness (QED) is 0.871. The van der Waals surface area contributed by atoms with E-state index in [1.54, 1.807) is 11.8 Å². The number of carbonyl (C=O) groups is 1. The lowest BCUT2D eigenvalue weighted by molar-refractivity contribution is 0.0739. The van der Waals surface area contributed by atoms with Crippen LogP contribution in [0.4, 0.5) is 8.78 Å². The third kappa shape index (κ3) is 4.38. The number of rotatable bonds is 5. The third-order valence-corrected chi connectivity index (χ3v) is 5.74. The van der Waals surface area contributed by atoms with Crippen LogP contribution in [-0.4, -0.2) is 30.4 Å². The summed E-state index contributed by atoms with van der Waals surface area (Å²) in [5.74, 6) is -2.43. The number of hydrogen-bond acceptors (Lipinski definition) is 3. The Hall–Kier alpha value is -1.92. The van der Waals surface area contributed by atoms with Gasteiger partial charge in [-0.1, -0.05) is 24.3 Å². The molecule has 0 bridgehead atoms. The van der Waals surface area contributed by atoms with Gasteiger partial charge in [-0.2, -0.15) is 0 Å². The van der Waals surface area contributed by atoms with Gasteiger partial charge in [0.15, 0.2) is 0 Å². The zero-order chi connectivity index (χ0) is 17.7. The van der Waals surface area contributed by atoms with Gasteiger partial charge < -0.3 is 10.1 Å². The lowest BCUT2D eigenvalue weighted by Crippen LogP contribution is -2.44. The molecule has 1 aliphatic rings. The van der Waals surface area contributed by atoms with Gasteiger partial charge in [0.05, 0.1) is 0 Å². The Labute approximate surface area is 149 Å². The topological polar surface area (TPSA) is 38.3 Å². The van der Waals surface area contributed by atoms with E-state index >= 15 is 0 Å². The van der Waals surface area contributed by atoms with Crippen LogP contribution in [0, 0.1) is 11.6 Å². The molecule has 1 fully saturated rings. The fourth-order valence-corrected chi connectivity index (χ4v) is 4.15. The highest BCUT2D eigenvalue weighted by molar-refractivity contribution is 8.00. The Balaban J connectivity index is 1.74. The number of carbonyl (C=O) groups excluding carboxylic acids is 1. The monoisotopic (exact) mass is 363 g/mol. The summed E-state index contributed by atoms with van der Waals surface area (Å²) in [5, 5.41) is 2.72. The predicted molar refractivity (Wildman–Crippen MR) is 93.8 cm³/mol. The highest BCUT2D eigenvalue weighted by atomic mass is 32.2. The summed E-state index contributed by atoms with van der Waals surface area (Å²) in [6, 6.07) is 13.3. The molecule has 1 N–H and O–H groups in total. The number of nitrogens with one attached hydrogen (secondary N) is 1. The molecule has 0 aromatic heterocycles. The van der Waals surface area contributed by atoms with Crippen molar-refractivity contribution in [1.29, 1.82) is 0 Å². The van der Waals surface area contributed by atoms with Gasteiger partial charge in [-0.15, -0.1) is 11.8 Å². The molecular weight excluding hydrogens is 344 g/mol. The maximum Gasteiger partial charge on any atom is 0.257 e. The lowest BCUT2D eigenvalue weighted by atomic mass is 9.98. The van der Waals surface area contributed by atoms with Gasteiger partial charge in [0.2, 0.25) is 0 Å². The van der Waals surface area contributed by atoms with Crippen LogP contribution in [0.2, 0.25) is 0 Å². The molecule has 1 heterocycles. The summed E-state index contributed by atoms with van der Waals surface area (Å²) in [6.07, 6.45) is 1.51. The van der Waals surface area contributed by atoms with Crippen LogP contribution in [0.1, 0.15) is 23.2 Å². The lowest BCUT2D eigenvalue weighted by Gasteiger charge is -2.36. The molecule has 3 rings (SSSR count). The van der Waals surface area contributed by atoms with Crippen molar-refractivity contribution in [2.45, 2.75) is 22.5 Å². The van der Waals surface area contributed by atoms with Gasteiger partial charge >= 0.3 is 0 Å². The van der Waals surface area contributed by atoms with E-state index in [1.807, 2.05) is 30.3 Å². The summed E-state index contributed by atoms with van der Waals surface area (Å²) in [6.45, 7) is 1.52. The smallest absolute Gasteiger partial charge is 0.257 e. The molecule has 1 amide bonds. The van der Waals surface area contributed by atoms with Crippen molar-refractivity contribution < 1.29 is 18.3 Å². The fourth-order valence-electron chi connectivity index (χ4n) is 2.84. The SMILES string of the molecule is O=C(NCC1(Sc2ccccc2)CCOCC1)c1c(F)cccc1F. The minimum absolute atomic E-state index is 0.253. The maximum absolute atomic E-state index is 13.8. The molecule has 3 nitrogen and oxygen atoms in total. The van der Waals surface area contributed by atoms with Crippen molar-refractivity contribution in [3.8, 4) is 0 Å². The zero-order valence-corrected chi connectivity index (χ0v) is 14.5. The molecule has 1 saturated heterocycles. The molecular formula is C19H19F2NO2S. The Kier molecular flexibility index (Phi) is 5.71. The second-order valence-electron chi connectivity index (χ2n) is 5.99. The van der Waals surface area contributed by atoms with E-state index in [0.717, 1.165) is 29.9 Å². The normalized spacial score (nSPS) is 16.4. The molecule has 0 aliphatic carbocycles. The number of benzene rings is 2. The molecule has 0 saturated carbocycles. The summed E-state index contributed by atoms with van der Waals surface area (Å²) < 4.78 is 32.8. The van der Waals surface area contributed by atoms with E-state index in [9.17, 15) is 13.6 Å². The largest absolute Gasteiger partial charge is 0.381 e. The zero-order valence-electron chi connectivity index (χ0n) is 13.6. The first-order chi connectivity index (χ1) is 12.1. The molecule has 0 radical (unpaired) electrons. The van der Waals surface area contributed by atoms with Crippen molar-refractivity contribution in [3.63, 3.8) is 0 Å². The Morgan fingerprint density at radius 2 is 1.68 bits per heavy atom. The van der Waals surface area contributed by atoms with E-state index in [1.165, 1.54) is 6.07 Å². The summed E-state index contributed by atoms with van der Waals surface area (Å²) in [7, 11) is 0. The van der Waals surface area contributed by atoms with Crippen LogP contribution in [0.25, 0.3) is 0 Å². The van der Waals surface area contributed by atoms with Crippen molar-refractivity contribution in [3.05, 3.63) is 65.7 Å². The van der Waals surface area contributed by atoms with Crippen molar-refractivity contribution in [2.24, 2.45) is 0 Å². The number of ether oxygens (including phenoxy) is 1. The van der Waals surface area contributed by atoms with E-state index in [0.29, 0.717) is 19.8 Å². The van der Waals surface area contributed by atoms with Crippen LogP contribution in [0.15, 0.2) is 53.4 Å². The van der Waals surface area contributed by atoms with Crippen molar-refractivity contribution in [1.82, 2.24) is 5.32 Å². The Bertz CT molecular complexity index is 713. The first kappa shape index (κ1) is 17.9. The van der Waals surface area contributed by atoms with Crippen molar-refractivity contribution in [2.75, 3.05) is 19.8 Å². The van der Waals surface area contributed by atoms with E-state index in [2.05, 4.69) is 5.32 Å². The van der Waals surface area contributed by atoms with Gasteiger partial charge in [-0.25, -0.2) is 8.78 Å². The van der Waals surface area contributed by atoms with Crippen LogP contribution in [-0.2, 0) is 4.74 Å². The number of hydrogen-bond donors (Lipinski definition) is 1. The van der Waals surface area contributed by atoms with Crippen LogP contribution in [0.3, 0.4) is 0 Å². The van der Waals surface area contributed by atoms with E-state index in [4.69, 9.17) is 4.74 Å². The van der Waals surface area contributed by atoms with Gasteiger partial charge in [0.25, 0.3) is 5.91 Å².